The van der Waals surface area contributed by atoms with Gasteiger partial charge in [0, 0.05) is 13.6 Å². The fourth-order valence-corrected chi connectivity index (χ4v) is 3.48. The van der Waals surface area contributed by atoms with Gasteiger partial charge in [-0.3, -0.25) is 10.1 Å². The molecule has 1 aromatic carbocycles. The van der Waals surface area contributed by atoms with E-state index in [2.05, 4.69) is 26.1 Å². The van der Waals surface area contributed by atoms with Crippen molar-refractivity contribution in [2.45, 2.75) is 23.1 Å². The zero-order chi connectivity index (χ0) is 17.5. The van der Waals surface area contributed by atoms with Crippen LogP contribution in [0.3, 0.4) is 0 Å². The van der Waals surface area contributed by atoms with E-state index < -0.39 is 17.2 Å². The van der Waals surface area contributed by atoms with Crippen molar-refractivity contribution in [3.63, 3.8) is 0 Å². The topological polar surface area (TPSA) is 96.0 Å². The lowest BCUT2D eigenvalue weighted by Gasteiger charge is -2.08. The third-order valence-electron chi connectivity index (χ3n) is 2.87. The second-order valence-electron chi connectivity index (χ2n) is 4.68. The molecule has 3 N–H and O–H groups in total. The SMILES string of the molecule is CNC(=O)NC(=O)C(C)Sc1nnc(NCc2ccc(F)cc2)s1. The fraction of sp³-hybridized carbons (Fsp3) is 0.286. The van der Waals surface area contributed by atoms with Gasteiger partial charge in [-0.25, -0.2) is 9.18 Å². The summed E-state index contributed by atoms with van der Waals surface area (Å²) >= 11 is 2.51. The Morgan fingerprint density at radius 1 is 1.29 bits per heavy atom. The molecule has 0 bridgehead atoms. The van der Waals surface area contributed by atoms with Crippen molar-refractivity contribution < 1.29 is 14.0 Å². The lowest BCUT2D eigenvalue weighted by atomic mass is 10.2. The molecule has 2 aromatic rings. The molecular weight excluding hydrogens is 353 g/mol. The van der Waals surface area contributed by atoms with Gasteiger partial charge >= 0.3 is 6.03 Å². The Labute approximate surface area is 146 Å². The molecule has 0 fully saturated rings. The highest BCUT2D eigenvalue weighted by molar-refractivity contribution is 8.02. The first kappa shape index (κ1) is 18.1. The molecule has 7 nitrogen and oxygen atoms in total. The molecule has 3 amide bonds. The Bertz CT molecular complexity index is 707. The van der Waals surface area contributed by atoms with Crippen molar-refractivity contribution in [2.24, 2.45) is 0 Å². The minimum Gasteiger partial charge on any atom is -0.356 e. The maximum absolute atomic E-state index is 12.8. The monoisotopic (exact) mass is 369 g/mol. The number of nitrogens with zero attached hydrogens (tertiary/aromatic N) is 2. The molecule has 1 unspecified atom stereocenters. The normalized spacial score (nSPS) is 11.6. The van der Waals surface area contributed by atoms with Gasteiger partial charge in [-0.1, -0.05) is 35.2 Å². The molecule has 128 valence electrons. The Hall–Kier alpha value is -2.20. The number of anilines is 1. The summed E-state index contributed by atoms with van der Waals surface area (Å²) in [5.74, 6) is -0.687. The van der Waals surface area contributed by atoms with Gasteiger partial charge in [0.05, 0.1) is 5.25 Å². The van der Waals surface area contributed by atoms with E-state index in [0.717, 1.165) is 5.56 Å². The minimum absolute atomic E-state index is 0.280. The first-order chi connectivity index (χ1) is 11.5. The number of hydrogen-bond donors (Lipinski definition) is 3. The number of imide groups is 1. The third kappa shape index (κ3) is 5.46. The molecule has 0 aliphatic rings. The van der Waals surface area contributed by atoms with Crippen LogP contribution in [0.15, 0.2) is 28.6 Å². The number of carbonyl (C=O) groups excluding carboxylic acids is 2. The summed E-state index contributed by atoms with van der Waals surface area (Å²) in [6.45, 7) is 2.17. The maximum atomic E-state index is 12.8. The molecule has 10 heteroatoms. The maximum Gasteiger partial charge on any atom is 0.321 e. The number of nitrogens with one attached hydrogen (secondary N) is 3. The number of hydrogen-bond acceptors (Lipinski definition) is 7. The van der Waals surface area contributed by atoms with E-state index >= 15 is 0 Å². The van der Waals surface area contributed by atoms with E-state index in [0.29, 0.717) is 16.0 Å². The molecule has 0 radical (unpaired) electrons. The molecule has 1 atom stereocenters. The number of amides is 3. The second kappa shape index (κ2) is 8.60. The summed E-state index contributed by atoms with van der Waals surface area (Å²) in [7, 11) is 1.43. The van der Waals surface area contributed by atoms with Crippen LogP contribution in [0, 0.1) is 5.82 Å². The van der Waals surface area contributed by atoms with Crippen LogP contribution < -0.4 is 16.0 Å². The van der Waals surface area contributed by atoms with Crippen molar-refractivity contribution in [3.05, 3.63) is 35.6 Å². The van der Waals surface area contributed by atoms with Gasteiger partial charge in [-0.2, -0.15) is 0 Å². The zero-order valence-corrected chi connectivity index (χ0v) is 14.6. The summed E-state index contributed by atoms with van der Waals surface area (Å²) in [5, 5.41) is 15.7. The quantitative estimate of drug-likeness (QED) is 0.676. The van der Waals surface area contributed by atoms with Crippen LogP contribution in [0.4, 0.5) is 14.3 Å². The Balaban J connectivity index is 1.85. The van der Waals surface area contributed by atoms with Crippen LogP contribution in [-0.4, -0.2) is 34.4 Å². The van der Waals surface area contributed by atoms with Gasteiger partial charge in [-0.05, 0) is 24.6 Å². The Kier molecular flexibility index (Phi) is 6.50. The molecule has 0 saturated heterocycles. The Morgan fingerprint density at radius 3 is 2.67 bits per heavy atom. The number of halogens is 1. The van der Waals surface area contributed by atoms with Crippen molar-refractivity contribution in [1.82, 2.24) is 20.8 Å². The zero-order valence-electron chi connectivity index (χ0n) is 13.0. The molecule has 2 rings (SSSR count). The van der Waals surface area contributed by atoms with E-state index in [-0.39, 0.29) is 5.82 Å². The Morgan fingerprint density at radius 2 is 2.00 bits per heavy atom. The van der Waals surface area contributed by atoms with E-state index in [4.69, 9.17) is 0 Å². The largest absolute Gasteiger partial charge is 0.356 e. The van der Waals surface area contributed by atoms with Gasteiger partial charge in [0.1, 0.15) is 5.82 Å². The number of aromatic nitrogens is 2. The molecule has 0 aliphatic heterocycles. The second-order valence-corrected chi connectivity index (χ2v) is 7.25. The highest BCUT2D eigenvalue weighted by atomic mass is 32.2. The highest BCUT2D eigenvalue weighted by Gasteiger charge is 2.18. The molecule has 0 saturated carbocycles. The standard InChI is InChI=1S/C14H16FN5O2S2/c1-8(11(21)18-12(22)16-2)23-14-20-19-13(24-14)17-7-9-3-5-10(15)6-4-9/h3-6,8H,7H2,1-2H3,(H,17,19)(H2,16,18,21,22). The van der Waals surface area contributed by atoms with Gasteiger partial charge in [0.25, 0.3) is 0 Å². The molecule has 0 spiro atoms. The van der Waals surface area contributed by atoms with E-state index in [1.807, 2.05) is 0 Å². The van der Waals surface area contributed by atoms with Crippen LogP contribution in [0.5, 0.6) is 0 Å². The molecule has 1 aromatic heterocycles. The average molecular weight is 369 g/mol. The molecular formula is C14H16FN5O2S2. The van der Waals surface area contributed by atoms with Gasteiger partial charge < -0.3 is 10.6 Å². The smallest absolute Gasteiger partial charge is 0.321 e. The summed E-state index contributed by atoms with van der Waals surface area (Å²) < 4.78 is 13.4. The van der Waals surface area contributed by atoms with E-state index in [1.54, 1.807) is 19.1 Å². The van der Waals surface area contributed by atoms with E-state index in [1.165, 1.54) is 42.3 Å². The van der Waals surface area contributed by atoms with Crippen LogP contribution in [0.2, 0.25) is 0 Å². The number of rotatable bonds is 6. The van der Waals surface area contributed by atoms with Crippen molar-refractivity contribution >= 4 is 40.2 Å². The van der Waals surface area contributed by atoms with Crippen LogP contribution in [-0.2, 0) is 11.3 Å². The highest BCUT2D eigenvalue weighted by Crippen LogP contribution is 2.29. The predicted octanol–water partition coefficient (Wildman–Crippen LogP) is 2.23. The van der Waals surface area contributed by atoms with E-state index in [9.17, 15) is 14.0 Å². The number of benzene rings is 1. The number of carbonyl (C=O) groups is 2. The summed E-state index contributed by atoms with van der Waals surface area (Å²) in [6, 6.07) is 5.61. The van der Waals surface area contributed by atoms with Crippen molar-refractivity contribution in [2.75, 3.05) is 12.4 Å². The summed E-state index contributed by atoms with van der Waals surface area (Å²) in [4.78, 5) is 22.9. The lowest BCUT2D eigenvalue weighted by molar-refractivity contribution is -0.119. The van der Waals surface area contributed by atoms with Crippen molar-refractivity contribution in [3.8, 4) is 0 Å². The number of urea groups is 1. The first-order valence-electron chi connectivity index (χ1n) is 6.99. The first-order valence-corrected chi connectivity index (χ1v) is 8.68. The predicted molar refractivity (Wildman–Crippen MR) is 91.6 cm³/mol. The lowest BCUT2D eigenvalue weighted by Crippen LogP contribution is -2.41. The van der Waals surface area contributed by atoms with Crippen LogP contribution in [0.25, 0.3) is 0 Å². The van der Waals surface area contributed by atoms with Crippen LogP contribution >= 0.6 is 23.1 Å². The van der Waals surface area contributed by atoms with Gasteiger partial charge in [0.2, 0.25) is 11.0 Å². The fourth-order valence-electron chi connectivity index (χ4n) is 1.59. The summed E-state index contributed by atoms with van der Waals surface area (Å²) in [6.07, 6.45) is 0. The van der Waals surface area contributed by atoms with Gasteiger partial charge in [-0.15, -0.1) is 10.2 Å². The molecule has 24 heavy (non-hydrogen) atoms. The minimum atomic E-state index is -0.550. The van der Waals surface area contributed by atoms with Gasteiger partial charge in [0.15, 0.2) is 4.34 Å². The molecule has 1 heterocycles. The summed E-state index contributed by atoms with van der Waals surface area (Å²) in [5.41, 5.74) is 0.916. The number of thioether (sulfide) groups is 1. The third-order valence-corrected chi connectivity index (χ3v) is 4.94. The van der Waals surface area contributed by atoms with Crippen LogP contribution in [0.1, 0.15) is 12.5 Å². The molecule has 0 aliphatic carbocycles. The average Bonchev–Trinajstić information content (AvgIpc) is 3.01. The van der Waals surface area contributed by atoms with Crippen molar-refractivity contribution in [1.29, 1.82) is 0 Å².